The fourth-order valence-corrected chi connectivity index (χ4v) is 5.81. The quantitative estimate of drug-likeness (QED) is 0.539. The van der Waals surface area contributed by atoms with Gasteiger partial charge in [0.05, 0.1) is 0 Å². The van der Waals surface area contributed by atoms with Crippen LogP contribution >= 0.6 is 0 Å². The fourth-order valence-electron chi connectivity index (χ4n) is 2.74. The Kier molecular flexibility index (Phi) is 1.80. The second-order valence-corrected chi connectivity index (χ2v) is 9.30. The lowest BCUT2D eigenvalue weighted by atomic mass is 10.1. The summed E-state index contributed by atoms with van der Waals surface area (Å²) in [5, 5.41) is 3.05. The Morgan fingerprint density at radius 2 is 1.56 bits per heavy atom. The Balaban J connectivity index is 2.40. The Bertz CT molecular complexity index is 573. The van der Waals surface area contributed by atoms with Crippen molar-refractivity contribution in [3.05, 3.63) is 42.5 Å². The molecule has 0 aromatic heterocycles. The Labute approximate surface area is 96.9 Å². The fraction of sp³-hybridized carbons (Fsp3) is 0.143. The van der Waals surface area contributed by atoms with Gasteiger partial charge in [-0.2, -0.15) is 0 Å². The molecule has 2 aromatic rings. The van der Waals surface area contributed by atoms with Gasteiger partial charge in [-0.1, -0.05) is 43.4 Å². The maximum atomic E-state index is 5.89. The van der Waals surface area contributed by atoms with Crippen molar-refractivity contribution in [3.8, 4) is 11.1 Å². The molecule has 0 aliphatic carbocycles. The van der Waals surface area contributed by atoms with Crippen LogP contribution in [0.15, 0.2) is 42.5 Å². The van der Waals surface area contributed by atoms with E-state index in [-0.39, 0.29) is 0 Å². The molecule has 0 spiro atoms. The summed E-state index contributed by atoms with van der Waals surface area (Å²) in [6.07, 6.45) is 0. The first-order valence-corrected chi connectivity index (χ1v) is 8.60. The van der Waals surface area contributed by atoms with Gasteiger partial charge in [-0.3, -0.25) is 0 Å². The standard InChI is InChI=1S/C14H15NSi/c1-16(2)13-6-4-3-5-11(13)12-9-10(15)7-8-14(12)16/h3-9H,15H2,1-2H3. The van der Waals surface area contributed by atoms with E-state index in [4.69, 9.17) is 5.73 Å². The average molecular weight is 225 g/mol. The third-order valence-corrected chi connectivity index (χ3v) is 7.17. The maximum Gasteiger partial charge on any atom is 0.113 e. The Hall–Kier alpha value is -1.54. The molecule has 80 valence electrons. The SMILES string of the molecule is C[Si]1(C)c2ccccc2-c2cc(N)ccc21. The molecular weight excluding hydrogens is 210 g/mol. The van der Waals surface area contributed by atoms with Crippen molar-refractivity contribution in [1.29, 1.82) is 0 Å². The minimum atomic E-state index is -1.46. The van der Waals surface area contributed by atoms with E-state index in [1.54, 1.807) is 0 Å². The molecule has 0 fully saturated rings. The normalized spacial score (nSPS) is 15.6. The van der Waals surface area contributed by atoms with Gasteiger partial charge in [0.15, 0.2) is 0 Å². The first-order chi connectivity index (χ1) is 7.60. The predicted molar refractivity (Wildman–Crippen MR) is 73.0 cm³/mol. The molecule has 1 aliphatic heterocycles. The number of rotatable bonds is 0. The summed E-state index contributed by atoms with van der Waals surface area (Å²) < 4.78 is 0. The molecule has 0 saturated carbocycles. The monoisotopic (exact) mass is 225 g/mol. The minimum Gasteiger partial charge on any atom is -0.399 e. The van der Waals surface area contributed by atoms with Crippen LogP contribution in [0.5, 0.6) is 0 Å². The van der Waals surface area contributed by atoms with Crippen molar-refractivity contribution >= 4 is 24.1 Å². The predicted octanol–water partition coefficient (Wildman–Crippen LogP) is 2.07. The highest BCUT2D eigenvalue weighted by atomic mass is 28.3. The van der Waals surface area contributed by atoms with Crippen molar-refractivity contribution in [2.24, 2.45) is 0 Å². The largest absolute Gasteiger partial charge is 0.399 e. The van der Waals surface area contributed by atoms with Crippen LogP contribution in [0.1, 0.15) is 0 Å². The third kappa shape index (κ3) is 1.11. The number of nitrogens with two attached hydrogens (primary N) is 1. The lowest BCUT2D eigenvalue weighted by Gasteiger charge is -2.18. The minimum absolute atomic E-state index is 0.861. The molecule has 0 amide bonds. The number of benzene rings is 2. The lowest BCUT2D eigenvalue weighted by Crippen LogP contribution is -2.49. The van der Waals surface area contributed by atoms with Gasteiger partial charge in [0, 0.05) is 5.69 Å². The van der Waals surface area contributed by atoms with Crippen molar-refractivity contribution in [2.45, 2.75) is 13.1 Å². The van der Waals surface area contributed by atoms with Crippen molar-refractivity contribution in [1.82, 2.24) is 0 Å². The first-order valence-electron chi connectivity index (χ1n) is 5.60. The molecule has 2 aromatic carbocycles. The van der Waals surface area contributed by atoms with Gasteiger partial charge in [0.2, 0.25) is 0 Å². The zero-order chi connectivity index (χ0) is 11.3. The molecule has 0 atom stereocenters. The molecule has 0 unspecified atom stereocenters. The molecule has 1 aliphatic rings. The second-order valence-electron chi connectivity index (χ2n) is 4.98. The molecule has 1 nitrogen and oxygen atoms in total. The van der Waals surface area contributed by atoms with E-state index in [1.807, 2.05) is 6.07 Å². The van der Waals surface area contributed by atoms with Crippen LogP contribution in [-0.2, 0) is 0 Å². The van der Waals surface area contributed by atoms with E-state index >= 15 is 0 Å². The highest BCUT2D eigenvalue weighted by Crippen LogP contribution is 2.28. The molecule has 3 rings (SSSR count). The summed E-state index contributed by atoms with van der Waals surface area (Å²) in [5.74, 6) is 0. The van der Waals surface area contributed by atoms with Crippen LogP contribution in [0.4, 0.5) is 5.69 Å². The van der Waals surface area contributed by atoms with Gasteiger partial charge >= 0.3 is 0 Å². The zero-order valence-electron chi connectivity index (χ0n) is 9.62. The summed E-state index contributed by atoms with van der Waals surface area (Å²) >= 11 is 0. The lowest BCUT2D eigenvalue weighted by molar-refractivity contribution is 1.69. The smallest absolute Gasteiger partial charge is 0.113 e. The van der Waals surface area contributed by atoms with Gasteiger partial charge in [-0.25, -0.2) is 0 Å². The highest BCUT2D eigenvalue weighted by molar-refractivity contribution is 7.03. The number of hydrogen-bond donors (Lipinski definition) is 1. The Morgan fingerprint density at radius 1 is 0.875 bits per heavy atom. The van der Waals surface area contributed by atoms with E-state index in [9.17, 15) is 0 Å². The summed E-state index contributed by atoms with van der Waals surface area (Å²) in [6.45, 7) is 4.82. The van der Waals surface area contributed by atoms with E-state index in [2.05, 4.69) is 49.5 Å². The molecule has 1 heterocycles. The number of fused-ring (bicyclic) bond motifs is 3. The second kappa shape index (κ2) is 2.98. The average Bonchev–Trinajstić information content (AvgIpc) is 2.49. The van der Waals surface area contributed by atoms with Gasteiger partial charge in [-0.05, 0) is 33.6 Å². The van der Waals surface area contributed by atoms with Crippen LogP contribution in [0.25, 0.3) is 11.1 Å². The van der Waals surface area contributed by atoms with Crippen molar-refractivity contribution in [2.75, 3.05) is 5.73 Å². The zero-order valence-corrected chi connectivity index (χ0v) is 10.6. The summed E-state index contributed by atoms with van der Waals surface area (Å²) in [6, 6.07) is 15.1. The summed E-state index contributed by atoms with van der Waals surface area (Å²) in [4.78, 5) is 0. The van der Waals surface area contributed by atoms with E-state index < -0.39 is 8.07 Å². The van der Waals surface area contributed by atoms with E-state index in [1.165, 1.54) is 21.5 Å². The van der Waals surface area contributed by atoms with E-state index in [0.29, 0.717) is 0 Å². The van der Waals surface area contributed by atoms with Crippen LogP contribution in [0.2, 0.25) is 13.1 Å². The first kappa shape index (κ1) is 9.67. The molecule has 0 radical (unpaired) electrons. The third-order valence-electron chi connectivity index (χ3n) is 3.61. The van der Waals surface area contributed by atoms with Gasteiger partial charge in [0.1, 0.15) is 8.07 Å². The number of hydrogen-bond acceptors (Lipinski definition) is 1. The molecule has 2 heteroatoms. The van der Waals surface area contributed by atoms with Crippen molar-refractivity contribution in [3.63, 3.8) is 0 Å². The molecule has 0 bridgehead atoms. The highest BCUT2D eigenvalue weighted by Gasteiger charge is 2.36. The van der Waals surface area contributed by atoms with Crippen LogP contribution in [-0.4, -0.2) is 8.07 Å². The van der Waals surface area contributed by atoms with Crippen LogP contribution < -0.4 is 16.1 Å². The van der Waals surface area contributed by atoms with Gasteiger partial charge in [0.25, 0.3) is 0 Å². The van der Waals surface area contributed by atoms with Gasteiger partial charge < -0.3 is 5.73 Å². The maximum absolute atomic E-state index is 5.89. The summed E-state index contributed by atoms with van der Waals surface area (Å²) in [7, 11) is -1.46. The van der Waals surface area contributed by atoms with Gasteiger partial charge in [-0.15, -0.1) is 0 Å². The number of anilines is 1. The van der Waals surface area contributed by atoms with Crippen LogP contribution in [0, 0.1) is 0 Å². The van der Waals surface area contributed by atoms with Crippen molar-refractivity contribution < 1.29 is 0 Å². The molecule has 0 saturated heterocycles. The number of nitrogen functional groups attached to an aromatic ring is 1. The molecular formula is C14H15NSi. The molecule has 2 N–H and O–H groups in total. The van der Waals surface area contributed by atoms with E-state index in [0.717, 1.165) is 5.69 Å². The summed E-state index contributed by atoms with van der Waals surface area (Å²) in [5.41, 5.74) is 9.50. The topological polar surface area (TPSA) is 26.0 Å². The Morgan fingerprint density at radius 3 is 2.38 bits per heavy atom. The molecule has 16 heavy (non-hydrogen) atoms. The van der Waals surface area contributed by atoms with Crippen LogP contribution in [0.3, 0.4) is 0 Å².